The molecule has 2 fully saturated rings. The van der Waals surface area contributed by atoms with Gasteiger partial charge in [-0.2, -0.15) is 0 Å². The van der Waals surface area contributed by atoms with E-state index in [1.54, 1.807) is 6.07 Å². The molecule has 2 aliphatic rings. The van der Waals surface area contributed by atoms with Gasteiger partial charge in [0.05, 0.1) is 10.0 Å². The number of halogens is 2. The van der Waals surface area contributed by atoms with Crippen molar-refractivity contribution < 1.29 is 0 Å². The van der Waals surface area contributed by atoms with Gasteiger partial charge in [0.25, 0.3) is 0 Å². The van der Waals surface area contributed by atoms with Crippen LogP contribution < -0.4 is 10.6 Å². The van der Waals surface area contributed by atoms with Gasteiger partial charge in [-0.3, -0.25) is 0 Å². The van der Waals surface area contributed by atoms with E-state index in [0.717, 1.165) is 48.9 Å². The fourth-order valence-electron chi connectivity index (χ4n) is 3.81. The van der Waals surface area contributed by atoms with Crippen LogP contribution >= 0.6 is 23.2 Å². The lowest BCUT2D eigenvalue weighted by Crippen LogP contribution is -2.21. The van der Waals surface area contributed by atoms with Gasteiger partial charge in [-0.1, -0.05) is 36.5 Å². The van der Waals surface area contributed by atoms with Gasteiger partial charge in [-0.05, 0) is 49.5 Å². The zero-order valence-electron chi connectivity index (χ0n) is 12.5. The average Bonchev–Trinajstić information content (AvgIpc) is 3.08. The molecule has 1 aromatic rings. The van der Waals surface area contributed by atoms with Crippen molar-refractivity contribution >= 4 is 34.8 Å². The standard InChI is InChI=1S/C16H23Cl2N3/c1-2-5-19-15-13(17)8-14(18)16(21-15)20-9-12-7-10-3-4-11(12)6-10/h8,10-12H,2-7,9H2,1H3,(H2,19,20,21). The molecule has 116 valence electrons. The average molecular weight is 328 g/mol. The van der Waals surface area contributed by atoms with Crippen LogP contribution in [0.3, 0.4) is 0 Å². The van der Waals surface area contributed by atoms with Gasteiger partial charge in [0.1, 0.15) is 11.6 Å². The van der Waals surface area contributed by atoms with Crippen molar-refractivity contribution in [2.24, 2.45) is 17.8 Å². The molecule has 2 bridgehead atoms. The smallest absolute Gasteiger partial charge is 0.147 e. The van der Waals surface area contributed by atoms with Crippen LogP contribution in [-0.4, -0.2) is 18.1 Å². The van der Waals surface area contributed by atoms with Crippen LogP contribution in [0.15, 0.2) is 6.07 Å². The molecule has 0 spiro atoms. The largest absolute Gasteiger partial charge is 0.369 e. The van der Waals surface area contributed by atoms with E-state index in [4.69, 9.17) is 23.2 Å². The minimum atomic E-state index is 0.582. The minimum Gasteiger partial charge on any atom is -0.369 e. The van der Waals surface area contributed by atoms with Crippen molar-refractivity contribution in [2.45, 2.75) is 39.0 Å². The highest BCUT2D eigenvalue weighted by Gasteiger charge is 2.39. The fourth-order valence-corrected chi connectivity index (χ4v) is 4.30. The van der Waals surface area contributed by atoms with Gasteiger partial charge < -0.3 is 10.6 Å². The molecular formula is C16H23Cl2N3. The van der Waals surface area contributed by atoms with Crippen molar-refractivity contribution in [3.8, 4) is 0 Å². The summed E-state index contributed by atoms with van der Waals surface area (Å²) in [7, 11) is 0. The van der Waals surface area contributed by atoms with Gasteiger partial charge in [0, 0.05) is 13.1 Å². The second-order valence-electron chi connectivity index (χ2n) is 6.39. The number of nitrogens with one attached hydrogen (secondary N) is 2. The molecule has 1 aromatic heterocycles. The summed E-state index contributed by atoms with van der Waals surface area (Å²) in [6.07, 6.45) is 6.67. The molecule has 3 nitrogen and oxygen atoms in total. The minimum absolute atomic E-state index is 0.582. The maximum Gasteiger partial charge on any atom is 0.147 e. The Kier molecular flexibility index (Phi) is 4.80. The van der Waals surface area contributed by atoms with Crippen LogP contribution in [0.4, 0.5) is 11.6 Å². The third-order valence-electron chi connectivity index (χ3n) is 4.89. The van der Waals surface area contributed by atoms with Crippen molar-refractivity contribution in [2.75, 3.05) is 23.7 Å². The Labute approximate surface area is 136 Å². The molecule has 2 aliphatic carbocycles. The Morgan fingerprint density at radius 3 is 2.52 bits per heavy atom. The molecule has 0 amide bonds. The lowest BCUT2D eigenvalue weighted by atomic mass is 9.89. The fraction of sp³-hybridized carbons (Fsp3) is 0.688. The molecule has 2 saturated carbocycles. The zero-order chi connectivity index (χ0) is 14.8. The third kappa shape index (κ3) is 3.40. The number of nitrogens with zero attached hydrogens (tertiary/aromatic N) is 1. The summed E-state index contributed by atoms with van der Waals surface area (Å²) in [6.45, 7) is 3.95. The Bertz CT molecular complexity index is 507. The molecule has 21 heavy (non-hydrogen) atoms. The SMILES string of the molecule is CCCNc1nc(NCC2CC3CCC2C3)c(Cl)cc1Cl. The van der Waals surface area contributed by atoms with Gasteiger partial charge in [-0.15, -0.1) is 0 Å². The molecule has 0 radical (unpaired) electrons. The van der Waals surface area contributed by atoms with Crippen molar-refractivity contribution in [1.82, 2.24) is 4.98 Å². The van der Waals surface area contributed by atoms with Crippen LogP contribution in [0.1, 0.15) is 39.0 Å². The summed E-state index contributed by atoms with van der Waals surface area (Å²) < 4.78 is 0. The van der Waals surface area contributed by atoms with Crippen molar-refractivity contribution in [1.29, 1.82) is 0 Å². The first-order chi connectivity index (χ1) is 10.2. The van der Waals surface area contributed by atoms with Gasteiger partial charge in [0.2, 0.25) is 0 Å². The Morgan fingerprint density at radius 2 is 1.90 bits per heavy atom. The zero-order valence-corrected chi connectivity index (χ0v) is 14.0. The Balaban J connectivity index is 1.64. The molecular weight excluding hydrogens is 305 g/mol. The lowest BCUT2D eigenvalue weighted by molar-refractivity contribution is 0.348. The van der Waals surface area contributed by atoms with Crippen molar-refractivity contribution in [3.63, 3.8) is 0 Å². The van der Waals surface area contributed by atoms with Gasteiger partial charge in [0.15, 0.2) is 0 Å². The number of hydrogen-bond acceptors (Lipinski definition) is 3. The molecule has 0 aromatic carbocycles. The third-order valence-corrected chi connectivity index (χ3v) is 5.46. The maximum absolute atomic E-state index is 6.26. The van der Waals surface area contributed by atoms with Gasteiger partial charge in [-0.25, -0.2) is 4.98 Å². The summed E-state index contributed by atoms with van der Waals surface area (Å²) >= 11 is 12.4. The van der Waals surface area contributed by atoms with Crippen LogP contribution in [0.5, 0.6) is 0 Å². The molecule has 3 atom stereocenters. The molecule has 5 heteroatoms. The predicted octanol–water partition coefficient (Wildman–Crippen LogP) is 5.06. The number of fused-ring (bicyclic) bond motifs is 2. The van der Waals surface area contributed by atoms with E-state index in [0.29, 0.717) is 10.0 Å². The number of aromatic nitrogens is 1. The lowest BCUT2D eigenvalue weighted by Gasteiger charge is -2.22. The van der Waals surface area contributed by atoms with Crippen LogP contribution in [0.25, 0.3) is 0 Å². The predicted molar refractivity (Wildman–Crippen MR) is 90.5 cm³/mol. The molecule has 3 unspecified atom stereocenters. The van der Waals surface area contributed by atoms with E-state index in [1.807, 2.05) is 0 Å². The first kappa shape index (κ1) is 15.2. The van der Waals surface area contributed by atoms with Gasteiger partial charge >= 0.3 is 0 Å². The second-order valence-corrected chi connectivity index (χ2v) is 7.21. The highest BCUT2D eigenvalue weighted by molar-refractivity contribution is 6.37. The summed E-state index contributed by atoms with van der Waals surface area (Å²) in [4.78, 5) is 4.55. The normalized spacial score (nSPS) is 27.1. The Hall–Kier alpha value is -0.670. The van der Waals surface area contributed by atoms with E-state index in [9.17, 15) is 0 Å². The number of hydrogen-bond donors (Lipinski definition) is 2. The van der Waals surface area contributed by atoms with E-state index >= 15 is 0 Å². The summed E-state index contributed by atoms with van der Waals surface area (Å²) in [5.74, 6) is 4.13. The monoisotopic (exact) mass is 327 g/mol. The summed E-state index contributed by atoms with van der Waals surface area (Å²) in [5, 5.41) is 7.87. The maximum atomic E-state index is 6.26. The first-order valence-corrected chi connectivity index (χ1v) is 8.76. The van der Waals surface area contributed by atoms with Crippen LogP contribution in [-0.2, 0) is 0 Å². The molecule has 3 rings (SSSR count). The number of rotatable bonds is 6. The quantitative estimate of drug-likeness (QED) is 0.766. The highest BCUT2D eigenvalue weighted by Crippen LogP contribution is 2.48. The van der Waals surface area contributed by atoms with Crippen molar-refractivity contribution in [3.05, 3.63) is 16.1 Å². The molecule has 0 saturated heterocycles. The molecule has 0 aliphatic heterocycles. The van der Waals surface area contributed by atoms with Crippen LogP contribution in [0.2, 0.25) is 10.0 Å². The highest BCUT2D eigenvalue weighted by atomic mass is 35.5. The number of pyridine rings is 1. The van der Waals surface area contributed by atoms with E-state index in [-0.39, 0.29) is 0 Å². The molecule has 2 N–H and O–H groups in total. The summed E-state index contributed by atoms with van der Waals surface area (Å²) in [6, 6.07) is 1.78. The first-order valence-electron chi connectivity index (χ1n) is 8.01. The van der Waals surface area contributed by atoms with E-state index < -0.39 is 0 Å². The van der Waals surface area contributed by atoms with E-state index in [1.165, 1.54) is 25.7 Å². The van der Waals surface area contributed by atoms with Crippen LogP contribution in [0, 0.1) is 17.8 Å². The summed E-state index contributed by atoms with van der Waals surface area (Å²) in [5.41, 5.74) is 0. The Morgan fingerprint density at radius 1 is 1.14 bits per heavy atom. The second kappa shape index (κ2) is 6.62. The van der Waals surface area contributed by atoms with E-state index in [2.05, 4.69) is 22.5 Å². The molecule has 1 heterocycles. The number of anilines is 2. The topological polar surface area (TPSA) is 37.0 Å².